The summed E-state index contributed by atoms with van der Waals surface area (Å²) in [6.45, 7) is 5.96. The zero-order chi connectivity index (χ0) is 11.5. The Hall–Kier alpha value is -0.450. The van der Waals surface area contributed by atoms with Gasteiger partial charge in [0.15, 0.2) is 0 Å². The Balaban J connectivity index is 1.95. The molecule has 92 valence electrons. The number of piperidine rings is 1. The molecule has 4 heteroatoms. The van der Waals surface area contributed by atoms with Gasteiger partial charge in [0.05, 0.1) is 11.8 Å². The first-order valence-corrected chi connectivity index (χ1v) is 6.32. The van der Waals surface area contributed by atoms with Crippen LogP contribution >= 0.6 is 0 Å². The molecule has 0 amide bonds. The molecule has 0 radical (unpaired) electrons. The molecule has 2 rings (SSSR count). The van der Waals surface area contributed by atoms with Crippen LogP contribution in [0.4, 0.5) is 0 Å². The van der Waals surface area contributed by atoms with Crippen molar-refractivity contribution in [3.63, 3.8) is 0 Å². The summed E-state index contributed by atoms with van der Waals surface area (Å²) in [5, 5.41) is 11.3. The molecule has 2 N–H and O–H groups in total. The van der Waals surface area contributed by atoms with Gasteiger partial charge < -0.3 is 20.4 Å². The number of hydrogen-bond donors (Lipinski definition) is 2. The summed E-state index contributed by atoms with van der Waals surface area (Å²) in [6.07, 6.45) is 2.75. The molecule has 2 fully saturated rings. The van der Waals surface area contributed by atoms with E-state index in [1.54, 1.807) is 0 Å². The first-order valence-electron chi connectivity index (χ1n) is 6.32. The van der Waals surface area contributed by atoms with Crippen molar-refractivity contribution >= 4 is 5.71 Å². The lowest BCUT2D eigenvalue weighted by molar-refractivity contribution is -0.0450. The number of likely N-dealkylation sites (tertiary alicyclic amines) is 1. The molecule has 0 spiro atoms. The van der Waals surface area contributed by atoms with Crippen molar-refractivity contribution in [3.8, 4) is 0 Å². The molecule has 16 heavy (non-hydrogen) atoms. The first kappa shape index (κ1) is 12.0. The lowest BCUT2D eigenvalue weighted by atomic mass is 9.89. The molecule has 0 aromatic carbocycles. The van der Waals surface area contributed by atoms with E-state index in [2.05, 4.69) is 24.2 Å². The van der Waals surface area contributed by atoms with Gasteiger partial charge in [-0.15, -0.1) is 0 Å². The summed E-state index contributed by atoms with van der Waals surface area (Å²) in [7, 11) is 2.10. The van der Waals surface area contributed by atoms with Gasteiger partial charge in [0.2, 0.25) is 0 Å². The van der Waals surface area contributed by atoms with Crippen molar-refractivity contribution in [2.75, 3.05) is 33.2 Å². The van der Waals surface area contributed by atoms with E-state index >= 15 is 0 Å². The second-order valence-electron chi connectivity index (χ2n) is 5.11. The summed E-state index contributed by atoms with van der Waals surface area (Å²) >= 11 is 0. The van der Waals surface area contributed by atoms with Gasteiger partial charge in [-0.1, -0.05) is 13.3 Å². The van der Waals surface area contributed by atoms with Gasteiger partial charge in [-0.25, -0.2) is 0 Å². The minimum Gasteiger partial charge on any atom is -0.366 e. The van der Waals surface area contributed by atoms with Crippen LogP contribution in [-0.4, -0.2) is 56.0 Å². The summed E-state index contributed by atoms with van der Waals surface area (Å²) < 4.78 is 6.04. The zero-order valence-corrected chi connectivity index (χ0v) is 10.3. The van der Waals surface area contributed by atoms with Gasteiger partial charge in [0.1, 0.15) is 6.10 Å². The molecule has 2 saturated heterocycles. The highest BCUT2D eigenvalue weighted by Gasteiger charge is 2.34. The first-order chi connectivity index (χ1) is 7.70. The van der Waals surface area contributed by atoms with Crippen molar-refractivity contribution in [2.45, 2.75) is 32.0 Å². The van der Waals surface area contributed by atoms with E-state index in [1.165, 1.54) is 6.42 Å². The second-order valence-corrected chi connectivity index (χ2v) is 5.11. The Morgan fingerprint density at radius 2 is 2.25 bits per heavy atom. The number of hydrogen-bond acceptors (Lipinski definition) is 4. The van der Waals surface area contributed by atoms with E-state index in [9.17, 15) is 0 Å². The van der Waals surface area contributed by atoms with Gasteiger partial charge in [0.25, 0.3) is 0 Å². The fourth-order valence-corrected chi connectivity index (χ4v) is 2.60. The largest absolute Gasteiger partial charge is 0.366 e. The molecule has 0 aliphatic carbocycles. The van der Waals surface area contributed by atoms with E-state index in [0.29, 0.717) is 12.0 Å². The van der Waals surface area contributed by atoms with Crippen molar-refractivity contribution in [3.05, 3.63) is 0 Å². The maximum absolute atomic E-state index is 8.09. The fraction of sp³-hybridized carbons (Fsp3) is 0.917. The van der Waals surface area contributed by atoms with Gasteiger partial charge in [-0.2, -0.15) is 0 Å². The smallest absolute Gasteiger partial charge is 0.101 e. The summed E-state index contributed by atoms with van der Waals surface area (Å²) in [4.78, 5) is 2.24. The molecule has 2 unspecified atom stereocenters. The highest BCUT2D eigenvalue weighted by atomic mass is 16.5. The van der Waals surface area contributed by atoms with Crippen molar-refractivity contribution in [1.82, 2.24) is 10.2 Å². The average Bonchev–Trinajstić information content (AvgIpc) is 2.14. The van der Waals surface area contributed by atoms with Crippen LogP contribution in [0.3, 0.4) is 0 Å². The molecule has 0 saturated carbocycles. The molecule has 2 atom stereocenters. The van der Waals surface area contributed by atoms with Crippen molar-refractivity contribution in [1.29, 1.82) is 5.41 Å². The summed E-state index contributed by atoms with van der Waals surface area (Å²) in [6, 6.07) is 0. The molecular weight excluding hydrogens is 202 g/mol. The SMILES string of the molecule is CCCC1CN(C)CC(=N)C1OC1CNC1. The Morgan fingerprint density at radius 1 is 1.50 bits per heavy atom. The third-order valence-corrected chi connectivity index (χ3v) is 3.50. The molecular formula is C12H23N3O. The maximum Gasteiger partial charge on any atom is 0.101 e. The van der Waals surface area contributed by atoms with E-state index in [0.717, 1.165) is 38.3 Å². The number of rotatable bonds is 4. The third-order valence-electron chi connectivity index (χ3n) is 3.50. The minimum absolute atomic E-state index is 0.0725. The van der Waals surface area contributed by atoms with E-state index in [-0.39, 0.29) is 6.10 Å². The average molecular weight is 225 g/mol. The quantitative estimate of drug-likeness (QED) is 0.741. The van der Waals surface area contributed by atoms with Crippen molar-refractivity contribution in [2.24, 2.45) is 5.92 Å². The Morgan fingerprint density at radius 3 is 2.81 bits per heavy atom. The minimum atomic E-state index is 0.0725. The normalized spacial score (nSPS) is 32.8. The standard InChI is InChI=1S/C12H23N3O/c1-3-4-9-7-15(2)8-11(13)12(9)16-10-5-14-6-10/h9-10,12-14H,3-8H2,1-2H3. The van der Waals surface area contributed by atoms with E-state index in [1.807, 2.05) is 0 Å². The van der Waals surface area contributed by atoms with Crippen LogP contribution in [0.5, 0.6) is 0 Å². The predicted octanol–water partition coefficient (Wildman–Crippen LogP) is 0.725. The molecule has 2 aliphatic rings. The topological polar surface area (TPSA) is 48.4 Å². The number of nitrogens with one attached hydrogen (secondary N) is 2. The van der Waals surface area contributed by atoms with E-state index in [4.69, 9.17) is 10.1 Å². The second kappa shape index (κ2) is 5.25. The lowest BCUT2D eigenvalue weighted by Gasteiger charge is -2.40. The highest BCUT2D eigenvalue weighted by molar-refractivity contribution is 5.88. The van der Waals surface area contributed by atoms with Gasteiger partial charge in [0, 0.05) is 32.1 Å². The third kappa shape index (κ3) is 2.62. The molecule has 2 heterocycles. The molecule has 0 aromatic rings. The molecule has 0 aromatic heterocycles. The predicted molar refractivity (Wildman–Crippen MR) is 65.2 cm³/mol. The Labute approximate surface area is 97.9 Å². The van der Waals surface area contributed by atoms with E-state index < -0.39 is 0 Å². The summed E-state index contributed by atoms with van der Waals surface area (Å²) in [5.41, 5.74) is 0.763. The lowest BCUT2D eigenvalue weighted by Crippen LogP contribution is -2.56. The zero-order valence-electron chi connectivity index (χ0n) is 10.3. The number of ether oxygens (including phenoxy) is 1. The van der Waals surface area contributed by atoms with Crippen LogP contribution in [0.15, 0.2) is 0 Å². The fourth-order valence-electron chi connectivity index (χ4n) is 2.60. The van der Waals surface area contributed by atoms with Crippen LogP contribution < -0.4 is 5.32 Å². The Kier molecular flexibility index (Phi) is 3.95. The van der Waals surface area contributed by atoms with Crippen LogP contribution in [0.2, 0.25) is 0 Å². The maximum atomic E-state index is 8.09. The van der Waals surface area contributed by atoms with Crippen LogP contribution in [0.1, 0.15) is 19.8 Å². The molecule has 2 aliphatic heterocycles. The van der Waals surface area contributed by atoms with Gasteiger partial charge >= 0.3 is 0 Å². The monoisotopic (exact) mass is 225 g/mol. The van der Waals surface area contributed by atoms with Crippen LogP contribution in [-0.2, 0) is 4.74 Å². The molecule has 4 nitrogen and oxygen atoms in total. The van der Waals surface area contributed by atoms with Gasteiger partial charge in [-0.3, -0.25) is 0 Å². The Bertz CT molecular complexity index is 253. The van der Waals surface area contributed by atoms with Gasteiger partial charge in [-0.05, 0) is 13.5 Å². The molecule has 0 bridgehead atoms. The van der Waals surface area contributed by atoms with Crippen molar-refractivity contribution < 1.29 is 4.74 Å². The summed E-state index contributed by atoms with van der Waals surface area (Å²) in [5.74, 6) is 0.511. The van der Waals surface area contributed by atoms with Crippen LogP contribution in [0, 0.1) is 11.3 Å². The van der Waals surface area contributed by atoms with Crippen LogP contribution in [0.25, 0.3) is 0 Å². The number of nitrogens with zero attached hydrogens (tertiary/aromatic N) is 1. The highest BCUT2D eigenvalue weighted by Crippen LogP contribution is 2.23.